The van der Waals surface area contributed by atoms with Crippen LogP contribution >= 0.6 is 11.3 Å². The van der Waals surface area contributed by atoms with Crippen LogP contribution in [0.5, 0.6) is 0 Å². The van der Waals surface area contributed by atoms with Gasteiger partial charge in [0.05, 0.1) is 16.1 Å². The van der Waals surface area contributed by atoms with Gasteiger partial charge in [0.15, 0.2) is 5.58 Å². The molecular formula is C46H29NOS. The Balaban J connectivity index is 1.28. The molecule has 0 N–H and O–H groups in total. The number of thiophene rings is 1. The van der Waals surface area contributed by atoms with Crippen molar-refractivity contribution in [3.63, 3.8) is 0 Å². The van der Waals surface area contributed by atoms with Crippen molar-refractivity contribution in [2.75, 3.05) is 4.90 Å². The van der Waals surface area contributed by atoms with Gasteiger partial charge in [-0.15, -0.1) is 11.3 Å². The third kappa shape index (κ3) is 4.47. The van der Waals surface area contributed by atoms with Crippen LogP contribution < -0.4 is 4.90 Å². The summed E-state index contributed by atoms with van der Waals surface area (Å²) in [7, 11) is 0. The van der Waals surface area contributed by atoms with E-state index < -0.39 is 0 Å². The number of nitrogens with zero attached hydrogens (tertiary/aromatic N) is 1. The minimum Gasteiger partial charge on any atom is -0.453 e. The zero-order valence-electron chi connectivity index (χ0n) is 26.5. The Kier molecular flexibility index (Phi) is 6.39. The first-order valence-electron chi connectivity index (χ1n) is 16.6. The summed E-state index contributed by atoms with van der Waals surface area (Å²) >= 11 is 1.85. The van der Waals surface area contributed by atoms with E-state index in [1.165, 1.54) is 42.1 Å². The minimum atomic E-state index is 0.872. The molecule has 10 aromatic rings. The van der Waals surface area contributed by atoms with Crippen LogP contribution in [0.15, 0.2) is 180 Å². The maximum Gasteiger partial charge on any atom is 0.159 e. The normalized spacial score (nSPS) is 11.7. The van der Waals surface area contributed by atoms with Crippen molar-refractivity contribution in [1.29, 1.82) is 0 Å². The highest BCUT2D eigenvalue weighted by Gasteiger charge is 2.24. The zero-order chi connectivity index (χ0) is 32.3. The molecule has 0 saturated heterocycles. The molecule has 49 heavy (non-hydrogen) atoms. The van der Waals surface area contributed by atoms with Crippen LogP contribution in [-0.4, -0.2) is 0 Å². The van der Waals surface area contributed by atoms with E-state index in [1.54, 1.807) is 0 Å². The van der Waals surface area contributed by atoms with Crippen LogP contribution in [0, 0.1) is 0 Å². The molecule has 0 spiro atoms. The largest absolute Gasteiger partial charge is 0.453 e. The van der Waals surface area contributed by atoms with E-state index in [9.17, 15) is 0 Å². The third-order valence-electron chi connectivity index (χ3n) is 9.65. The maximum absolute atomic E-state index is 7.13. The van der Waals surface area contributed by atoms with Crippen molar-refractivity contribution < 1.29 is 4.42 Å². The lowest BCUT2D eigenvalue weighted by atomic mass is 9.96. The van der Waals surface area contributed by atoms with Gasteiger partial charge in [-0.1, -0.05) is 140 Å². The number of anilines is 3. The van der Waals surface area contributed by atoms with Crippen molar-refractivity contribution in [2.24, 2.45) is 0 Å². The second kappa shape index (κ2) is 11.2. The molecule has 0 bridgehead atoms. The number of hydrogen-bond donors (Lipinski definition) is 0. The molecule has 0 atom stereocenters. The van der Waals surface area contributed by atoms with Crippen LogP contribution in [-0.2, 0) is 0 Å². The molecule has 0 radical (unpaired) electrons. The minimum absolute atomic E-state index is 0.872. The first kappa shape index (κ1) is 27.9. The maximum atomic E-state index is 7.13. The molecule has 0 fully saturated rings. The highest BCUT2D eigenvalue weighted by atomic mass is 32.1. The molecule has 0 saturated carbocycles. The number of para-hydroxylation sites is 1. The summed E-state index contributed by atoms with van der Waals surface area (Å²) in [6, 6.07) is 63.0. The quantitative estimate of drug-likeness (QED) is 0.186. The molecule has 2 aromatic heterocycles. The van der Waals surface area contributed by atoms with Crippen molar-refractivity contribution in [2.45, 2.75) is 0 Å². The van der Waals surface area contributed by atoms with Crippen LogP contribution in [0.1, 0.15) is 0 Å². The van der Waals surface area contributed by atoms with Gasteiger partial charge in [-0.3, -0.25) is 0 Å². The molecule has 0 unspecified atom stereocenters. The van der Waals surface area contributed by atoms with Gasteiger partial charge in [0, 0.05) is 37.5 Å². The Bertz CT molecular complexity index is 2810. The average molecular weight is 644 g/mol. The molecule has 2 nitrogen and oxygen atoms in total. The average Bonchev–Trinajstić information content (AvgIpc) is 3.76. The Labute approximate surface area is 287 Å². The van der Waals surface area contributed by atoms with Gasteiger partial charge in [0.25, 0.3) is 0 Å². The summed E-state index contributed by atoms with van der Waals surface area (Å²) in [6.45, 7) is 0. The molecule has 0 aliphatic carbocycles. The van der Waals surface area contributed by atoms with Crippen molar-refractivity contribution in [1.82, 2.24) is 0 Å². The van der Waals surface area contributed by atoms with E-state index in [2.05, 4.69) is 181 Å². The van der Waals surface area contributed by atoms with Crippen molar-refractivity contribution in [3.8, 4) is 22.3 Å². The van der Waals surface area contributed by atoms with Gasteiger partial charge < -0.3 is 9.32 Å². The molecule has 0 aliphatic heterocycles. The summed E-state index contributed by atoms with van der Waals surface area (Å²) in [5.41, 5.74) is 9.62. The van der Waals surface area contributed by atoms with Crippen LogP contribution in [0.4, 0.5) is 17.1 Å². The monoisotopic (exact) mass is 643 g/mol. The third-order valence-corrected chi connectivity index (χ3v) is 10.9. The number of benzene rings is 8. The highest BCUT2D eigenvalue weighted by molar-refractivity contribution is 7.26. The van der Waals surface area contributed by atoms with Gasteiger partial charge >= 0.3 is 0 Å². The predicted molar refractivity (Wildman–Crippen MR) is 210 cm³/mol. The Morgan fingerprint density at radius 1 is 0.429 bits per heavy atom. The fourth-order valence-electron chi connectivity index (χ4n) is 7.39. The first-order valence-corrected chi connectivity index (χ1v) is 17.4. The number of furan rings is 1. The van der Waals surface area contributed by atoms with E-state index in [4.69, 9.17) is 4.42 Å². The number of fused-ring (bicyclic) bond motifs is 8. The fraction of sp³-hybridized carbons (Fsp3) is 0. The zero-order valence-corrected chi connectivity index (χ0v) is 27.3. The van der Waals surface area contributed by atoms with Crippen molar-refractivity contribution >= 4 is 81.3 Å². The Morgan fingerprint density at radius 2 is 1.04 bits per heavy atom. The second-order valence-electron chi connectivity index (χ2n) is 12.5. The van der Waals surface area contributed by atoms with E-state index in [-0.39, 0.29) is 0 Å². The van der Waals surface area contributed by atoms with Gasteiger partial charge in [-0.05, 0) is 63.9 Å². The molecule has 230 valence electrons. The lowest BCUT2D eigenvalue weighted by Crippen LogP contribution is -2.10. The Hall–Kier alpha value is -6.16. The molecular weight excluding hydrogens is 615 g/mol. The molecule has 2 heterocycles. The van der Waals surface area contributed by atoms with Crippen LogP contribution in [0.2, 0.25) is 0 Å². The van der Waals surface area contributed by atoms with Gasteiger partial charge in [0.2, 0.25) is 0 Å². The van der Waals surface area contributed by atoms with E-state index in [1.807, 2.05) is 11.3 Å². The molecule has 8 aromatic carbocycles. The molecule has 3 heteroatoms. The SMILES string of the molecule is c1ccc(-c2ccc(N(c3cccc4c3oc3c(-c5ccccc5)cc5ccccc5c34)c3cccc4c3sc3ccccc34)cc2)cc1. The summed E-state index contributed by atoms with van der Waals surface area (Å²) in [5.74, 6) is 0. The van der Waals surface area contributed by atoms with E-state index >= 15 is 0 Å². The molecule has 0 aliphatic rings. The standard InChI is InChI=1S/C46H29NOS/c1-3-13-30(14-4-1)31-25-27-34(28-26-31)47(41-23-11-20-37-36-19-9-10-24-42(36)49-46(37)41)40-22-12-21-38-43-35-18-8-7-17-33(35)29-39(45(43)48-44(38)40)32-15-5-2-6-16-32/h1-29H. The van der Waals surface area contributed by atoms with Crippen molar-refractivity contribution in [3.05, 3.63) is 176 Å². The summed E-state index contributed by atoms with van der Waals surface area (Å²) in [4.78, 5) is 2.39. The summed E-state index contributed by atoms with van der Waals surface area (Å²) < 4.78 is 9.66. The lowest BCUT2D eigenvalue weighted by Gasteiger charge is -2.26. The Morgan fingerprint density at radius 3 is 1.84 bits per heavy atom. The highest BCUT2D eigenvalue weighted by Crippen LogP contribution is 2.49. The first-order chi connectivity index (χ1) is 24.3. The molecule has 0 amide bonds. The predicted octanol–water partition coefficient (Wildman–Crippen LogP) is 13.9. The summed E-state index contributed by atoms with van der Waals surface area (Å²) in [5, 5.41) is 7.19. The van der Waals surface area contributed by atoms with E-state index in [0.29, 0.717) is 0 Å². The fourth-order valence-corrected chi connectivity index (χ4v) is 8.60. The number of hydrogen-bond acceptors (Lipinski definition) is 3. The van der Waals surface area contributed by atoms with E-state index in [0.717, 1.165) is 50.1 Å². The summed E-state index contributed by atoms with van der Waals surface area (Å²) in [6.07, 6.45) is 0. The topological polar surface area (TPSA) is 16.4 Å². The lowest BCUT2D eigenvalue weighted by molar-refractivity contribution is 0.670. The smallest absolute Gasteiger partial charge is 0.159 e. The van der Waals surface area contributed by atoms with Gasteiger partial charge in [-0.2, -0.15) is 0 Å². The second-order valence-corrected chi connectivity index (χ2v) is 13.5. The van der Waals surface area contributed by atoms with Gasteiger partial charge in [0.1, 0.15) is 5.58 Å². The van der Waals surface area contributed by atoms with Gasteiger partial charge in [-0.25, -0.2) is 0 Å². The molecule has 10 rings (SSSR count). The van der Waals surface area contributed by atoms with Crippen LogP contribution in [0.3, 0.4) is 0 Å². The number of rotatable bonds is 5. The van der Waals surface area contributed by atoms with Crippen LogP contribution in [0.25, 0.3) is 75.1 Å².